The minimum atomic E-state index is 0.298. The highest BCUT2D eigenvalue weighted by Gasteiger charge is 2.24. The van der Waals surface area contributed by atoms with E-state index in [2.05, 4.69) is 12.1 Å². The summed E-state index contributed by atoms with van der Waals surface area (Å²) in [6, 6.07) is 6.57. The molecule has 1 aliphatic heterocycles. The Hall–Kier alpha value is -1.22. The first kappa shape index (κ1) is 10.9. The van der Waals surface area contributed by atoms with Crippen LogP contribution in [-0.4, -0.2) is 19.3 Å². The molecular weight excluding hydrogens is 214 g/mol. The van der Waals surface area contributed by atoms with Crippen molar-refractivity contribution in [2.24, 2.45) is 5.73 Å². The zero-order valence-electron chi connectivity index (χ0n) is 10.0. The Bertz CT molecular complexity index is 405. The maximum Gasteiger partial charge on any atom is 0.161 e. The Morgan fingerprint density at radius 2 is 1.76 bits per heavy atom. The lowest BCUT2D eigenvalue weighted by atomic mass is 9.80. The number of ether oxygens (including phenoxy) is 2. The summed E-state index contributed by atoms with van der Waals surface area (Å²) in [6.07, 6.45) is 4.88. The predicted molar refractivity (Wildman–Crippen MR) is 66.6 cm³/mol. The molecule has 2 aliphatic rings. The average Bonchev–Trinajstić information content (AvgIpc) is 2.39. The molecule has 0 spiro atoms. The standard InChI is InChI=1S/C14H19NO2/c15-12-4-2-1-3-11(12)10-5-6-13-14(9-10)17-8-7-16-13/h5-6,9,11-12H,1-4,7-8,15H2. The largest absolute Gasteiger partial charge is 0.486 e. The lowest BCUT2D eigenvalue weighted by molar-refractivity contribution is 0.171. The van der Waals surface area contributed by atoms with Gasteiger partial charge in [-0.05, 0) is 36.5 Å². The molecule has 2 N–H and O–H groups in total. The SMILES string of the molecule is NC1CCCCC1c1ccc2c(c1)OCCO2. The minimum Gasteiger partial charge on any atom is -0.486 e. The van der Waals surface area contributed by atoms with E-state index in [0.717, 1.165) is 17.9 Å². The van der Waals surface area contributed by atoms with E-state index in [1.807, 2.05) is 6.07 Å². The molecule has 1 saturated carbocycles. The van der Waals surface area contributed by atoms with Crippen molar-refractivity contribution in [2.45, 2.75) is 37.6 Å². The molecule has 3 nitrogen and oxygen atoms in total. The van der Waals surface area contributed by atoms with Gasteiger partial charge in [0, 0.05) is 6.04 Å². The van der Waals surface area contributed by atoms with Gasteiger partial charge in [0.05, 0.1) is 0 Å². The quantitative estimate of drug-likeness (QED) is 0.810. The Balaban J connectivity index is 1.87. The van der Waals surface area contributed by atoms with E-state index in [4.69, 9.17) is 15.2 Å². The van der Waals surface area contributed by atoms with Crippen molar-refractivity contribution >= 4 is 0 Å². The second kappa shape index (κ2) is 4.57. The number of benzene rings is 1. The van der Waals surface area contributed by atoms with Crippen molar-refractivity contribution in [3.05, 3.63) is 23.8 Å². The van der Waals surface area contributed by atoms with Crippen LogP contribution in [0.4, 0.5) is 0 Å². The van der Waals surface area contributed by atoms with Crippen molar-refractivity contribution in [1.82, 2.24) is 0 Å². The first-order valence-corrected chi connectivity index (χ1v) is 6.50. The fraction of sp³-hybridized carbons (Fsp3) is 0.571. The number of hydrogen-bond acceptors (Lipinski definition) is 3. The van der Waals surface area contributed by atoms with E-state index >= 15 is 0 Å². The molecule has 0 amide bonds. The lowest BCUT2D eigenvalue weighted by Crippen LogP contribution is -2.31. The zero-order chi connectivity index (χ0) is 11.7. The molecule has 1 heterocycles. The van der Waals surface area contributed by atoms with Gasteiger partial charge in [0.25, 0.3) is 0 Å². The van der Waals surface area contributed by atoms with Crippen LogP contribution in [0.2, 0.25) is 0 Å². The Morgan fingerprint density at radius 1 is 1.00 bits per heavy atom. The van der Waals surface area contributed by atoms with Gasteiger partial charge in [-0.15, -0.1) is 0 Å². The van der Waals surface area contributed by atoms with Crippen LogP contribution in [0.3, 0.4) is 0 Å². The van der Waals surface area contributed by atoms with Gasteiger partial charge < -0.3 is 15.2 Å². The molecule has 2 atom stereocenters. The molecule has 17 heavy (non-hydrogen) atoms. The van der Waals surface area contributed by atoms with Gasteiger partial charge in [0.1, 0.15) is 13.2 Å². The van der Waals surface area contributed by atoms with Crippen LogP contribution in [0.25, 0.3) is 0 Å². The van der Waals surface area contributed by atoms with Gasteiger partial charge in [-0.3, -0.25) is 0 Å². The summed E-state index contributed by atoms with van der Waals surface area (Å²) >= 11 is 0. The number of rotatable bonds is 1. The molecule has 1 aliphatic carbocycles. The van der Waals surface area contributed by atoms with Crippen molar-refractivity contribution < 1.29 is 9.47 Å². The molecule has 1 aromatic rings. The summed E-state index contributed by atoms with van der Waals surface area (Å²) in [4.78, 5) is 0. The lowest BCUT2D eigenvalue weighted by Gasteiger charge is -2.30. The van der Waals surface area contributed by atoms with Crippen LogP contribution in [0.1, 0.15) is 37.2 Å². The van der Waals surface area contributed by atoms with Crippen LogP contribution >= 0.6 is 0 Å². The molecular formula is C14H19NO2. The predicted octanol–water partition coefficient (Wildman–Crippen LogP) is 2.44. The first-order valence-electron chi connectivity index (χ1n) is 6.50. The number of hydrogen-bond donors (Lipinski definition) is 1. The Kier molecular flexibility index (Phi) is 2.93. The summed E-state index contributed by atoms with van der Waals surface area (Å²) in [7, 11) is 0. The third-order valence-electron chi connectivity index (χ3n) is 3.81. The highest BCUT2D eigenvalue weighted by molar-refractivity contribution is 5.45. The normalized spacial score (nSPS) is 27.8. The van der Waals surface area contributed by atoms with Gasteiger partial charge >= 0.3 is 0 Å². The Morgan fingerprint density at radius 3 is 2.59 bits per heavy atom. The molecule has 0 saturated heterocycles. The van der Waals surface area contributed by atoms with Crippen LogP contribution in [0, 0.1) is 0 Å². The molecule has 0 aromatic heterocycles. The summed E-state index contributed by atoms with van der Waals surface area (Å²) in [5.74, 6) is 2.23. The van der Waals surface area contributed by atoms with Crippen molar-refractivity contribution in [3.63, 3.8) is 0 Å². The van der Waals surface area contributed by atoms with E-state index in [9.17, 15) is 0 Å². The summed E-state index contributed by atoms with van der Waals surface area (Å²) in [5, 5.41) is 0. The Labute approximate surface area is 102 Å². The minimum absolute atomic E-state index is 0.298. The third kappa shape index (κ3) is 2.12. The van der Waals surface area contributed by atoms with Crippen molar-refractivity contribution in [3.8, 4) is 11.5 Å². The van der Waals surface area contributed by atoms with Gasteiger partial charge in [0.15, 0.2) is 11.5 Å². The highest BCUT2D eigenvalue weighted by Crippen LogP contribution is 2.37. The molecule has 2 unspecified atom stereocenters. The second-order valence-corrected chi connectivity index (χ2v) is 4.96. The third-order valence-corrected chi connectivity index (χ3v) is 3.81. The summed E-state index contributed by atoms with van der Waals surface area (Å²) in [6.45, 7) is 1.29. The van der Waals surface area contributed by atoms with Crippen LogP contribution in [0.15, 0.2) is 18.2 Å². The molecule has 92 valence electrons. The molecule has 1 fully saturated rings. The zero-order valence-corrected chi connectivity index (χ0v) is 10.0. The summed E-state index contributed by atoms with van der Waals surface area (Å²) < 4.78 is 11.2. The first-order chi connectivity index (χ1) is 8.34. The highest BCUT2D eigenvalue weighted by atomic mass is 16.6. The monoisotopic (exact) mass is 233 g/mol. The van der Waals surface area contributed by atoms with Crippen molar-refractivity contribution in [2.75, 3.05) is 13.2 Å². The van der Waals surface area contributed by atoms with Crippen LogP contribution < -0.4 is 15.2 Å². The molecule has 3 rings (SSSR count). The number of fused-ring (bicyclic) bond motifs is 1. The van der Waals surface area contributed by atoms with Gasteiger partial charge in [-0.25, -0.2) is 0 Å². The molecule has 0 radical (unpaired) electrons. The van der Waals surface area contributed by atoms with E-state index in [0.29, 0.717) is 25.2 Å². The van der Waals surface area contributed by atoms with Gasteiger partial charge in [-0.2, -0.15) is 0 Å². The smallest absolute Gasteiger partial charge is 0.161 e. The molecule has 3 heteroatoms. The van der Waals surface area contributed by atoms with E-state index < -0.39 is 0 Å². The molecule has 0 bridgehead atoms. The maximum atomic E-state index is 6.22. The summed E-state index contributed by atoms with van der Waals surface area (Å²) in [5.41, 5.74) is 7.52. The van der Waals surface area contributed by atoms with Gasteiger partial charge in [-0.1, -0.05) is 18.9 Å². The fourth-order valence-corrected chi connectivity index (χ4v) is 2.86. The van der Waals surface area contributed by atoms with Crippen LogP contribution in [-0.2, 0) is 0 Å². The van der Waals surface area contributed by atoms with E-state index in [1.54, 1.807) is 0 Å². The average molecular weight is 233 g/mol. The number of nitrogens with two attached hydrogens (primary N) is 1. The van der Waals surface area contributed by atoms with Crippen molar-refractivity contribution in [1.29, 1.82) is 0 Å². The van der Waals surface area contributed by atoms with Gasteiger partial charge in [0.2, 0.25) is 0 Å². The van der Waals surface area contributed by atoms with E-state index in [-0.39, 0.29) is 0 Å². The van der Waals surface area contributed by atoms with E-state index in [1.165, 1.54) is 24.8 Å². The maximum absolute atomic E-state index is 6.22. The fourth-order valence-electron chi connectivity index (χ4n) is 2.86. The van der Waals surface area contributed by atoms with Crippen LogP contribution in [0.5, 0.6) is 11.5 Å². The topological polar surface area (TPSA) is 44.5 Å². The molecule has 1 aromatic carbocycles. The second-order valence-electron chi connectivity index (χ2n) is 4.96.